The van der Waals surface area contributed by atoms with Crippen LogP contribution in [0, 0.1) is 0 Å². The Balaban J connectivity index is 2.95. The van der Waals surface area contributed by atoms with E-state index < -0.39 is 28.4 Å². The highest BCUT2D eigenvalue weighted by molar-refractivity contribution is 7.81. The first-order valence-corrected chi connectivity index (χ1v) is 6.13. The lowest BCUT2D eigenvalue weighted by Crippen LogP contribution is -2.23. The molecule has 0 aliphatic heterocycles. The van der Waals surface area contributed by atoms with Gasteiger partial charge < -0.3 is 9.08 Å². The summed E-state index contributed by atoms with van der Waals surface area (Å²) in [6, 6.07) is 2.12. The Morgan fingerprint density at radius 3 is 2.42 bits per heavy atom. The second-order valence-corrected chi connectivity index (χ2v) is 4.91. The topological polar surface area (TPSA) is 59.5 Å². The van der Waals surface area contributed by atoms with Crippen molar-refractivity contribution in [2.24, 2.45) is 0 Å². The van der Waals surface area contributed by atoms with Crippen LogP contribution in [-0.2, 0) is 11.1 Å². The maximum absolute atomic E-state index is 12.0. The number of hydrogen-bond donors (Lipinski definition) is 0. The smallest absolute Gasteiger partial charge is 0.373 e. The van der Waals surface area contributed by atoms with Crippen LogP contribution >= 0.6 is 11.6 Å². The second kappa shape index (κ2) is 5.74. The summed E-state index contributed by atoms with van der Waals surface area (Å²) >= 11 is 2.11. The summed E-state index contributed by atoms with van der Waals surface area (Å²) in [6.45, 7) is 0. The molecule has 0 bridgehead atoms. The summed E-state index contributed by atoms with van der Waals surface area (Å²) in [5, 5.41) is -0.338. The zero-order valence-electron chi connectivity index (χ0n) is 9.69. The highest BCUT2D eigenvalue weighted by Gasteiger charge is 2.40. The molecule has 0 radical (unpaired) electrons. The van der Waals surface area contributed by atoms with Crippen molar-refractivity contribution in [2.45, 2.75) is 5.51 Å². The van der Waals surface area contributed by atoms with Crippen LogP contribution in [-0.4, -0.2) is 39.6 Å². The molecule has 10 heteroatoms. The molecule has 1 rings (SSSR count). The van der Waals surface area contributed by atoms with Crippen LogP contribution < -0.4 is 4.18 Å². The predicted molar refractivity (Wildman–Crippen MR) is 62.1 cm³/mol. The highest BCUT2D eigenvalue weighted by atomic mass is 35.5. The molecule has 0 saturated carbocycles. The first kappa shape index (κ1) is 15.7. The maximum Gasteiger partial charge on any atom is 0.508 e. The van der Waals surface area contributed by atoms with E-state index in [0.717, 1.165) is 12.1 Å². The van der Waals surface area contributed by atoms with E-state index in [4.69, 9.17) is 11.6 Å². The Labute approximate surface area is 114 Å². The van der Waals surface area contributed by atoms with Crippen LogP contribution in [0.4, 0.5) is 13.2 Å². The van der Waals surface area contributed by atoms with Gasteiger partial charge in [0, 0.05) is 20.2 Å². The molecule has 0 aliphatic carbocycles. The van der Waals surface area contributed by atoms with Gasteiger partial charge in [-0.1, -0.05) is 11.6 Å². The van der Waals surface area contributed by atoms with Crippen LogP contribution in [0.15, 0.2) is 12.1 Å². The lowest BCUT2D eigenvalue weighted by atomic mass is 10.2. The van der Waals surface area contributed by atoms with Crippen molar-refractivity contribution < 1.29 is 26.4 Å². The number of pyridine rings is 1. The van der Waals surface area contributed by atoms with E-state index in [0.29, 0.717) is 0 Å². The molecule has 19 heavy (non-hydrogen) atoms. The quantitative estimate of drug-likeness (QED) is 0.800. The van der Waals surface area contributed by atoms with Gasteiger partial charge in [-0.25, -0.2) is 4.21 Å². The second-order valence-electron chi connectivity index (χ2n) is 3.45. The Hall–Kier alpha value is -1.35. The minimum absolute atomic E-state index is 0.00296. The fourth-order valence-corrected chi connectivity index (χ4v) is 1.56. The van der Waals surface area contributed by atoms with Crippen LogP contribution in [0.1, 0.15) is 10.4 Å². The van der Waals surface area contributed by atoms with Crippen molar-refractivity contribution in [3.63, 3.8) is 0 Å². The zero-order valence-corrected chi connectivity index (χ0v) is 11.3. The Kier molecular flexibility index (Phi) is 4.75. The van der Waals surface area contributed by atoms with Crippen LogP contribution in [0.5, 0.6) is 5.88 Å². The molecule has 0 aromatic carbocycles. The van der Waals surface area contributed by atoms with E-state index >= 15 is 0 Å². The lowest BCUT2D eigenvalue weighted by Gasteiger charge is -2.12. The van der Waals surface area contributed by atoms with Crippen molar-refractivity contribution in [1.29, 1.82) is 0 Å². The number of alkyl halides is 3. The Morgan fingerprint density at radius 2 is 2.00 bits per heavy atom. The summed E-state index contributed by atoms with van der Waals surface area (Å²) in [6.07, 6.45) is 0. The summed E-state index contributed by atoms with van der Waals surface area (Å²) in [5.41, 5.74) is -5.02. The largest absolute Gasteiger partial charge is 0.508 e. The first-order chi connectivity index (χ1) is 8.62. The molecular formula is C9H8ClF3N2O3S. The summed E-state index contributed by atoms with van der Waals surface area (Å²) in [5.74, 6) is -1.06. The molecule has 1 aromatic heterocycles. The molecule has 106 valence electrons. The maximum atomic E-state index is 12.0. The zero-order chi connectivity index (χ0) is 14.8. The van der Waals surface area contributed by atoms with Gasteiger partial charge in [0.1, 0.15) is 5.15 Å². The van der Waals surface area contributed by atoms with Crippen molar-refractivity contribution >= 4 is 28.6 Å². The van der Waals surface area contributed by atoms with Gasteiger partial charge in [-0.05, 0) is 6.07 Å². The van der Waals surface area contributed by atoms with E-state index in [1.54, 1.807) is 0 Å². The molecule has 0 N–H and O–H groups in total. The van der Waals surface area contributed by atoms with Crippen molar-refractivity contribution in [2.75, 3.05) is 14.1 Å². The van der Waals surface area contributed by atoms with Gasteiger partial charge in [0.25, 0.3) is 5.91 Å². The van der Waals surface area contributed by atoms with Gasteiger partial charge in [-0.15, -0.1) is 0 Å². The molecule has 1 amide bonds. The van der Waals surface area contributed by atoms with Gasteiger partial charge in [-0.2, -0.15) is 18.2 Å². The summed E-state index contributed by atoms with van der Waals surface area (Å²) in [7, 11) is 2.95. The molecule has 1 aromatic rings. The lowest BCUT2D eigenvalue weighted by molar-refractivity contribution is -0.0438. The van der Waals surface area contributed by atoms with Gasteiger partial charge in [0.2, 0.25) is 5.88 Å². The molecular weight excluding hydrogens is 309 g/mol. The van der Waals surface area contributed by atoms with Gasteiger partial charge in [-0.3, -0.25) is 4.79 Å². The third kappa shape index (κ3) is 4.06. The normalized spacial score (nSPS) is 12.9. The summed E-state index contributed by atoms with van der Waals surface area (Å²) in [4.78, 5) is 16.2. The minimum Gasteiger partial charge on any atom is -0.373 e. The molecule has 5 nitrogen and oxygen atoms in total. The van der Waals surface area contributed by atoms with Gasteiger partial charge in [0.15, 0.2) is 0 Å². The van der Waals surface area contributed by atoms with Crippen LogP contribution in [0.25, 0.3) is 0 Å². The molecule has 1 unspecified atom stereocenters. The first-order valence-electron chi connectivity index (χ1n) is 4.68. The predicted octanol–water partition coefficient (Wildman–Crippen LogP) is 2.00. The Bertz CT molecular complexity index is 522. The number of nitrogens with zero attached hydrogens (tertiary/aromatic N) is 2. The Morgan fingerprint density at radius 1 is 1.42 bits per heavy atom. The number of halogens is 4. The minimum atomic E-state index is -5.02. The van der Waals surface area contributed by atoms with E-state index in [-0.39, 0.29) is 10.7 Å². The van der Waals surface area contributed by atoms with E-state index in [1.165, 1.54) is 19.0 Å². The molecule has 1 atom stereocenters. The standard InChI is InChI=1S/C9H8ClF3N2O3S/c1-15(2)8(16)5-3-4-6(14-7(5)10)18-19(17)9(11,12)13/h3-4H,1-2H3. The molecule has 1 heterocycles. The monoisotopic (exact) mass is 316 g/mol. The van der Waals surface area contributed by atoms with E-state index in [2.05, 4.69) is 9.17 Å². The van der Waals surface area contributed by atoms with Crippen molar-refractivity contribution in [1.82, 2.24) is 9.88 Å². The van der Waals surface area contributed by atoms with Gasteiger partial charge >= 0.3 is 16.6 Å². The van der Waals surface area contributed by atoms with Crippen molar-refractivity contribution in [3.05, 3.63) is 22.8 Å². The molecule has 0 aliphatic rings. The van der Waals surface area contributed by atoms with Gasteiger partial charge in [0.05, 0.1) is 5.56 Å². The molecule has 0 spiro atoms. The molecule has 0 fully saturated rings. The number of amides is 1. The van der Waals surface area contributed by atoms with Crippen LogP contribution in [0.2, 0.25) is 5.15 Å². The average Bonchev–Trinajstić information content (AvgIpc) is 2.26. The van der Waals surface area contributed by atoms with E-state index in [9.17, 15) is 22.2 Å². The summed E-state index contributed by atoms with van der Waals surface area (Å²) < 4.78 is 50.8. The fourth-order valence-electron chi connectivity index (χ4n) is 0.989. The molecule has 0 saturated heterocycles. The number of hydrogen-bond acceptors (Lipinski definition) is 4. The number of aromatic nitrogens is 1. The SMILES string of the molecule is CN(C)C(=O)c1ccc(OS(=O)C(F)(F)F)nc1Cl. The number of carbonyl (C=O) groups excluding carboxylic acids is 1. The van der Waals surface area contributed by atoms with Crippen LogP contribution in [0.3, 0.4) is 0 Å². The average molecular weight is 317 g/mol. The highest BCUT2D eigenvalue weighted by Crippen LogP contribution is 2.24. The number of rotatable bonds is 3. The third-order valence-corrected chi connectivity index (χ3v) is 2.80. The number of carbonyl (C=O) groups is 1. The van der Waals surface area contributed by atoms with E-state index in [1.807, 2.05) is 0 Å². The third-order valence-electron chi connectivity index (χ3n) is 1.81. The van der Waals surface area contributed by atoms with Crippen molar-refractivity contribution in [3.8, 4) is 5.88 Å². The fraction of sp³-hybridized carbons (Fsp3) is 0.333.